The number of aliphatic carboxylic acids is 1. The Labute approximate surface area is 134 Å². The molecule has 22 heavy (non-hydrogen) atoms. The molecule has 0 atom stereocenters. The van der Waals surface area contributed by atoms with Crippen molar-refractivity contribution in [3.63, 3.8) is 0 Å². The highest BCUT2D eigenvalue weighted by atomic mass is 35.5. The summed E-state index contributed by atoms with van der Waals surface area (Å²) >= 11 is 11.9. The Morgan fingerprint density at radius 3 is 2.68 bits per heavy atom. The standard InChI is InChI=1S/C15H9Cl2FN2O2/c16-10-3-1-8(5-11(10)17)15-12(6-14(21)22)20-7-9(18)2-4-13(20)19-15/h1-5,7H,6H2,(H,21,22). The molecule has 0 saturated carbocycles. The third-order valence-corrected chi connectivity index (χ3v) is 3.93. The topological polar surface area (TPSA) is 54.6 Å². The van der Waals surface area contributed by atoms with E-state index in [1.807, 2.05) is 0 Å². The van der Waals surface area contributed by atoms with Crippen LogP contribution in [0, 0.1) is 5.82 Å². The molecule has 1 aromatic carbocycles. The first-order valence-corrected chi connectivity index (χ1v) is 7.05. The highest BCUT2D eigenvalue weighted by molar-refractivity contribution is 6.42. The maximum atomic E-state index is 13.4. The van der Waals surface area contributed by atoms with E-state index in [1.54, 1.807) is 18.2 Å². The molecule has 0 unspecified atom stereocenters. The van der Waals surface area contributed by atoms with E-state index in [0.717, 1.165) is 0 Å². The molecule has 4 nitrogen and oxygen atoms in total. The number of halogens is 3. The molecule has 0 bridgehead atoms. The highest BCUT2D eigenvalue weighted by Gasteiger charge is 2.17. The third-order valence-electron chi connectivity index (χ3n) is 3.19. The van der Waals surface area contributed by atoms with Gasteiger partial charge >= 0.3 is 5.97 Å². The van der Waals surface area contributed by atoms with Gasteiger partial charge in [-0.15, -0.1) is 0 Å². The number of hydrogen-bond acceptors (Lipinski definition) is 2. The highest BCUT2D eigenvalue weighted by Crippen LogP contribution is 2.31. The van der Waals surface area contributed by atoms with Gasteiger partial charge in [-0.3, -0.25) is 9.20 Å². The molecule has 0 aliphatic carbocycles. The number of hydrogen-bond donors (Lipinski definition) is 1. The summed E-state index contributed by atoms with van der Waals surface area (Å²) in [5.74, 6) is -1.51. The summed E-state index contributed by atoms with van der Waals surface area (Å²) in [6, 6.07) is 7.66. The summed E-state index contributed by atoms with van der Waals surface area (Å²) in [4.78, 5) is 15.5. The van der Waals surface area contributed by atoms with Gasteiger partial charge in [0.15, 0.2) is 0 Å². The van der Waals surface area contributed by atoms with Gasteiger partial charge in [-0.25, -0.2) is 9.37 Å². The normalized spacial score (nSPS) is 11.0. The molecule has 0 fully saturated rings. The zero-order valence-electron chi connectivity index (χ0n) is 11.1. The van der Waals surface area contributed by atoms with Crippen molar-refractivity contribution in [2.24, 2.45) is 0 Å². The minimum atomic E-state index is -1.03. The van der Waals surface area contributed by atoms with E-state index in [2.05, 4.69) is 4.98 Å². The number of fused-ring (bicyclic) bond motifs is 1. The Balaban J connectivity index is 2.27. The molecule has 3 aromatic rings. The number of imidazole rings is 1. The molecule has 2 aromatic heterocycles. The smallest absolute Gasteiger partial charge is 0.309 e. The van der Waals surface area contributed by atoms with E-state index in [9.17, 15) is 9.18 Å². The monoisotopic (exact) mass is 338 g/mol. The lowest BCUT2D eigenvalue weighted by atomic mass is 10.1. The zero-order valence-corrected chi connectivity index (χ0v) is 12.6. The Morgan fingerprint density at radius 2 is 2.00 bits per heavy atom. The Hall–Kier alpha value is -2.11. The largest absolute Gasteiger partial charge is 0.481 e. The average Bonchev–Trinajstić information content (AvgIpc) is 2.79. The lowest BCUT2D eigenvalue weighted by Gasteiger charge is -2.04. The molecule has 0 spiro atoms. The molecular formula is C15H9Cl2FN2O2. The van der Waals surface area contributed by atoms with Crippen molar-refractivity contribution in [3.8, 4) is 11.3 Å². The van der Waals surface area contributed by atoms with Crippen molar-refractivity contribution in [2.45, 2.75) is 6.42 Å². The van der Waals surface area contributed by atoms with E-state index >= 15 is 0 Å². The van der Waals surface area contributed by atoms with Crippen LogP contribution in [-0.4, -0.2) is 20.5 Å². The molecule has 0 amide bonds. The SMILES string of the molecule is O=C(O)Cc1c(-c2ccc(Cl)c(Cl)c2)nc2ccc(F)cn12. The van der Waals surface area contributed by atoms with Crippen molar-refractivity contribution in [1.29, 1.82) is 0 Å². The van der Waals surface area contributed by atoms with Crippen LogP contribution in [0.25, 0.3) is 16.9 Å². The number of pyridine rings is 1. The molecule has 112 valence electrons. The lowest BCUT2D eigenvalue weighted by molar-refractivity contribution is -0.136. The summed E-state index contributed by atoms with van der Waals surface area (Å²) in [6.45, 7) is 0. The fourth-order valence-electron chi connectivity index (χ4n) is 2.25. The Kier molecular flexibility index (Phi) is 3.76. The predicted octanol–water partition coefficient (Wildman–Crippen LogP) is 4.07. The van der Waals surface area contributed by atoms with Gasteiger partial charge in [0.05, 0.1) is 27.9 Å². The van der Waals surface area contributed by atoms with Gasteiger partial charge in [0.25, 0.3) is 0 Å². The van der Waals surface area contributed by atoms with E-state index < -0.39 is 11.8 Å². The van der Waals surface area contributed by atoms with Crippen molar-refractivity contribution in [1.82, 2.24) is 9.38 Å². The number of nitrogens with zero attached hydrogens (tertiary/aromatic N) is 2. The van der Waals surface area contributed by atoms with Gasteiger partial charge in [0.1, 0.15) is 11.5 Å². The second-order valence-corrected chi connectivity index (χ2v) is 5.50. The molecule has 0 radical (unpaired) electrons. The summed E-state index contributed by atoms with van der Waals surface area (Å²) in [5.41, 5.74) is 1.89. The van der Waals surface area contributed by atoms with E-state index in [1.165, 1.54) is 22.7 Å². The minimum absolute atomic E-state index is 0.291. The summed E-state index contributed by atoms with van der Waals surface area (Å²) in [7, 11) is 0. The quantitative estimate of drug-likeness (QED) is 0.782. The van der Waals surface area contributed by atoms with E-state index in [4.69, 9.17) is 28.3 Å². The van der Waals surface area contributed by atoms with Crippen LogP contribution < -0.4 is 0 Å². The number of rotatable bonds is 3. The number of carboxylic acids is 1. The summed E-state index contributed by atoms with van der Waals surface area (Å²) in [5, 5.41) is 9.83. The van der Waals surface area contributed by atoms with Gasteiger partial charge in [0.2, 0.25) is 0 Å². The van der Waals surface area contributed by atoms with Crippen molar-refractivity contribution >= 4 is 34.8 Å². The van der Waals surface area contributed by atoms with Gasteiger partial charge in [-0.1, -0.05) is 29.3 Å². The second kappa shape index (κ2) is 5.59. The Bertz CT molecular complexity index is 893. The first-order chi connectivity index (χ1) is 10.5. The summed E-state index contributed by atoms with van der Waals surface area (Å²) in [6.07, 6.45) is 0.918. The number of carbonyl (C=O) groups is 1. The van der Waals surface area contributed by atoms with Crippen LogP contribution in [0.1, 0.15) is 5.69 Å². The van der Waals surface area contributed by atoms with Crippen LogP contribution in [0.4, 0.5) is 4.39 Å². The van der Waals surface area contributed by atoms with Crippen LogP contribution in [0.5, 0.6) is 0 Å². The fourth-order valence-corrected chi connectivity index (χ4v) is 2.55. The Morgan fingerprint density at radius 1 is 1.23 bits per heavy atom. The van der Waals surface area contributed by atoms with Crippen molar-refractivity contribution in [3.05, 3.63) is 58.1 Å². The molecule has 0 saturated heterocycles. The second-order valence-electron chi connectivity index (χ2n) is 4.68. The van der Waals surface area contributed by atoms with Gasteiger partial charge in [-0.05, 0) is 24.3 Å². The van der Waals surface area contributed by atoms with Crippen LogP contribution in [0.3, 0.4) is 0 Å². The maximum Gasteiger partial charge on any atom is 0.309 e. The molecule has 2 heterocycles. The molecule has 0 aliphatic rings. The van der Waals surface area contributed by atoms with E-state index in [-0.39, 0.29) is 6.42 Å². The van der Waals surface area contributed by atoms with Crippen LogP contribution in [0.15, 0.2) is 36.5 Å². The first-order valence-electron chi connectivity index (χ1n) is 6.29. The zero-order chi connectivity index (χ0) is 15.9. The van der Waals surface area contributed by atoms with Gasteiger partial charge in [0, 0.05) is 11.8 Å². The van der Waals surface area contributed by atoms with Crippen molar-refractivity contribution in [2.75, 3.05) is 0 Å². The van der Waals surface area contributed by atoms with Crippen molar-refractivity contribution < 1.29 is 14.3 Å². The number of benzene rings is 1. The van der Waals surface area contributed by atoms with Gasteiger partial charge < -0.3 is 5.11 Å². The molecule has 7 heteroatoms. The van der Waals surface area contributed by atoms with Crippen LogP contribution in [0.2, 0.25) is 10.0 Å². The molecule has 1 N–H and O–H groups in total. The fraction of sp³-hybridized carbons (Fsp3) is 0.0667. The van der Waals surface area contributed by atoms with Gasteiger partial charge in [-0.2, -0.15) is 0 Å². The van der Waals surface area contributed by atoms with Crippen LogP contribution >= 0.6 is 23.2 Å². The number of carboxylic acid groups (broad SMARTS) is 1. The first kappa shape index (κ1) is 14.8. The third kappa shape index (κ3) is 2.65. The lowest BCUT2D eigenvalue weighted by Crippen LogP contribution is -2.05. The van der Waals surface area contributed by atoms with Crippen LogP contribution in [-0.2, 0) is 11.2 Å². The molecule has 3 rings (SSSR count). The predicted molar refractivity (Wildman–Crippen MR) is 81.9 cm³/mol. The summed E-state index contributed by atoms with van der Waals surface area (Å²) < 4.78 is 14.9. The average molecular weight is 339 g/mol. The van der Waals surface area contributed by atoms with E-state index in [0.29, 0.717) is 32.6 Å². The minimum Gasteiger partial charge on any atom is -0.481 e. The maximum absolute atomic E-state index is 13.4. The number of aromatic nitrogens is 2. The molecular weight excluding hydrogens is 330 g/mol. The molecule has 0 aliphatic heterocycles.